The number of amides is 1. The van der Waals surface area contributed by atoms with Crippen LogP contribution in [0.4, 0.5) is 11.8 Å². The molecule has 0 spiro atoms. The molecule has 0 saturated carbocycles. The number of nitrogens with one attached hydrogen (secondary N) is 1. The van der Waals surface area contributed by atoms with E-state index in [0.717, 1.165) is 43.5 Å². The van der Waals surface area contributed by atoms with Gasteiger partial charge >= 0.3 is 11.9 Å². The third-order valence-electron chi connectivity index (χ3n) is 3.63. The fourth-order valence-corrected chi connectivity index (χ4v) is 2.36. The number of hydrogen-bond donors (Lipinski definition) is 3. The molecule has 3 rings (SSSR count). The van der Waals surface area contributed by atoms with Crippen molar-refractivity contribution in [2.45, 2.75) is 6.42 Å². The molecule has 0 aliphatic carbocycles. The van der Waals surface area contributed by atoms with E-state index in [1.807, 2.05) is 0 Å². The zero-order chi connectivity index (χ0) is 18.4. The number of rotatable bonds is 3. The summed E-state index contributed by atoms with van der Waals surface area (Å²) in [7, 11) is 1.77. The van der Waals surface area contributed by atoms with Crippen LogP contribution >= 0.6 is 0 Å². The van der Waals surface area contributed by atoms with Gasteiger partial charge in [-0.25, -0.2) is 14.6 Å². The van der Waals surface area contributed by atoms with Gasteiger partial charge in [0.05, 0.1) is 6.42 Å². The highest BCUT2D eigenvalue weighted by Gasteiger charge is 2.27. The number of fused-ring (bicyclic) bond motifs is 1. The highest BCUT2D eigenvalue weighted by atomic mass is 16.4. The van der Waals surface area contributed by atoms with Crippen LogP contribution in [0.5, 0.6) is 0 Å². The van der Waals surface area contributed by atoms with Gasteiger partial charge in [0.25, 0.3) is 0 Å². The SMILES string of the molecule is CN1C(=O)Cc2cnc(N3CCNCC3)nc21.O=C(O)/C=C\C(=O)O. The molecule has 134 valence electrons. The molecule has 1 aromatic heterocycles. The first kappa shape index (κ1) is 18.3. The molecule has 0 bridgehead atoms. The Kier molecular flexibility index (Phi) is 6.01. The zero-order valence-corrected chi connectivity index (χ0v) is 13.7. The lowest BCUT2D eigenvalue weighted by Crippen LogP contribution is -2.44. The Labute approximate surface area is 143 Å². The summed E-state index contributed by atoms with van der Waals surface area (Å²) < 4.78 is 0. The predicted molar refractivity (Wildman–Crippen MR) is 88.6 cm³/mol. The van der Waals surface area contributed by atoms with Crippen LogP contribution in [0.2, 0.25) is 0 Å². The van der Waals surface area contributed by atoms with E-state index >= 15 is 0 Å². The van der Waals surface area contributed by atoms with Crippen molar-refractivity contribution in [3.05, 3.63) is 23.9 Å². The van der Waals surface area contributed by atoms with Gasteiger partial charge in [0.1, 0.15) is 5.82 Å². The quantitative estimate of drug-likeness (QED) is 0.594. The van der Waals surface area contributed by atoms with Gasteiger partial charge in [-0.15, -0.1) is 0 Å². The maximum atomic E-state index is 11.6. The van der Waals surface area contributed by atoms with Crippen LogP contribution in [0.3, 0.4) is 0 Å². The molecule has 0 unspecified atom stereocenters. The monoisotopic (exact) mass is 349 g/mol. The fraction of sp³-hybridized carbons (Fsp3) is 0.400. The maximum Gasteiger partial charge on any atom is 0.328 e. The smallest absolute Gasteiger partial charge is 0.328 e. The molecule has 25 heavy (non-hydrogen) atoms. The van der Waals surface area contributed by atoms with E-state index in [9.17, 15) is 14.4 Å². The van der Waals surface area contributed by atoms with Gasteiger partial charge in [0.15, 0.2) is 0 Å². The van der Waals surface area contributed by atoms with Crippen LogP contribution in [0.15, 0.2) is 18.3 Å². The minimum atomic E-state index is -1.26. The van der Waals surface area contributed by atoms with E-state index in [-0.39, 0.29) is 5.91 Å². The first-order valence-corrected chi connectivity index (χ1v) is 7.60. The van der Waals surface area contributed by atoms with Crippen LogP contribution in [-0.4, -0.2) is 71.3 Å². The number of carboxylic acids is 2. The molecule has 10 heteroatoms. The van der Waals surface area contributed by atoms with Crippen LogP contribution in [0.25, 0.3) is 0 Å². The van der Waals surface area contributed by atoms with Crippen LogP contribution in [0.1, 0.15) is 5.56 Å². The van der Waals surface area contributed by atoms with E-state index in [1.54, 1.807) is 18.1 Å². The first-order valence-electron chi connectivity index (χ1n) is 7.60. The Balaban J connectivity index is 0.000000242. The number of piperazine rings is 1. The molecule has 2 aliphatic rings. The van der Waals surface area contributed by atoms with Gasteiger partial charge in [0, 0.05) is 57.1 Å². The van der Waals surface area contributed by atoms with E-state index in [0.29, 0.717) is 18.6 Å². The molecule has 3 heterocycles. The van der Waals surface area contributed by atoms with E-state index in [2.05, 4.69) is 20.2 Å². The third kappa shape index (κ3) is 4.98. The largest absolute Gasteiger partial charge is 0.478 e. The summed E-state index contributed by atoms with van der Waals surface area (Å²) in [6, 6.07) is 0. The number of carboxylic acid groups (broad SMARTS) is 2. The lowest BCUT2D eigenvalue weighted by molar-refractivity contribution is -0.134. The lowest BCUT2D eigenvalue weighted by Gasteiger charge is -2.27. The number of hydrogen-bond acceptors (Lipinski definition) is 7. The van der Waals surface area contributed by atoms with Crippen molar-refractivity contribution in [2.75, 3.05) is 43.0 Å². The normalized spacial score (nSPS) is 16.4. The second-order valence-electron chi connectivity index (χ2n) is 5.40. The van der Waals surface area contributed by atoms with Crippen LogP contribution in [-0.2, 0) is 20.8 Å². The Morgan fingerprint density at radius 3 is 2.36 bits per heavy atom. The molecule has 0 aromatic carbocycles. The van der Waals surface area contributed by atoms with Crippen molar-refractivity contribution in [3.63, 3.8) is 0 Å². The minimum Gasteiger partial charge on any atom is -0.478 e. The highest BCUT2D eigenvalue weighted by Crippen LogP contribution is 2.26. The zero-order valence-electron chi connectivity index (χ0n) is 13.7. The van der Waals surface area contributed by atoms with Gasteiger partial charge in [-0.2, -0.15) is 4.98 Å². The molecule has 1 saturated heterocycles. The lowest BCUT2D eigenvalue weighted by atomic mass is 10.3. The van der Waals surface area contributed by atoms with Crippen molar-refractivity contribution in [2.24, 2.45) is 0 Å². The number of anilines is 2. The van der Waals surface area contributed by atoms with Crippen molar-refractivity contribution >= 4 is 29.6 Å². The Bertz CT molecular complexity index is 684. The number of carbonyl (C=O) groups is 3. The molecule has 0 atom stereocenters. The molecule has 1 amide bonds. The average Bonchev–Trinajstić information content (AvgIpc) is 2.88. The second kappa shape index (κ2) is 8.20. The first-order chi connectivity index (χ1) is 11.9. The maximum absolute atomic E-state index is 11.6. The van der Waals surface area contributed by atoms with E-state index in [1.165, 1.54) is 0 Å². The van der Waals surface area contributed by atoms with Crippen molar-refractivity contribution < 1.29 is 24.6 Å². The van der Waals surface area contributed by atoms with Crippen molar-refractivity contribution in [1.29, 1.82) is 0 Å². The van der Waals surface area contributed by atoms with E-state index in [4.69, 9.17) is 10.2 Å². The Morgan fingerprint density at radius 2 is 1.80 bits per heavy atom. The topological polar surface area (TPSA) is 136 Å². The molecular formula is C15H19N5O5. The average molecular weight is 349 g/mol. The summed E-state index contributed by atoms with van der Waals surface area (Å²) in [6.07, 6.45) is 3.32. The van der Waals surface area contributed by atoms with E-state index < -0.39 is 11.9 Å². The summed E-state index contributed by atoms with van der Waals surface area (Å²) in [5.74, 6) is -0.933. The van der Waals surface area contributed by atoms with Gasteiger partial charge in [-0.05, 0) is 0 Å². The van der Waals surface area contributed by atoms with Gasteiger partial charge in [-0.1, -0.05) is 0 Å². The molecule has 1 aromatic rings. The number of aliphatic carboxylic acids is 2. The van der Waals surface area contributed by atoms with Gasteiger partial charge < -0.3 is 20.4 Å². The molecule has 10 nitrogen and oxygen atoms in total. The summed E-state index contributed by atoms with van der Waals surface area (Å²) in [5.41, 5.74) is 0.927. The number of aromatic nitrogens is 2. The summed E-state index contributed by atoms with van der Waals surface area (Å²) in [6.45, 7) is 3.73. The number of nitrogens with zero attached hydrogens (tertiary/aromatic N) is 4. The Hall–Kier alpha value is -3.01. The van der Waals surface area contributed by atoms with Gasteiger partial charge in [-0.3, -0.25) is 9.69 Å². The number of carbonyl (C=O) groups excluding carboxylic acids is 1. The van der Waals surface area contributed by atoms with Gasteiger partial charge in [0.2, 0.25) is 11.9 Å². The van der Waals surface area contributed by atoms with Crippen LogP contribution < -0.4 is 15.1 Å². The standard InChI is InChI=1S/C11H15N5O.C4H4O4/c1-15-9(17)6-8-7-13-11(14-10(8)15)16-4-2-12-3-5-16;5-3(6)1-2-4(7)8/h7,12H,2-6H2,1H3;1-2H,(H,5,6)(H,7,8)/b;2-1-. The summed E-state index contributed by atoms with van der Waals surface area (Å²) in [4.78, 5) is 43.3. The molecular weight excluding hydrogens is 330 g/mol. The molecule has 3 N–H and O–H groups in total. The van der Waals surface area contributed by atoms with Crippen LogP contribution in [0, 0.1) is 0 Å². The number of likely N-dealkylation sites (N-methyl/N-ethyl adjacent to an activating group) is 1. The molecule has 0 radical (unpaired) electrons. The predicted octanol–water partition coefficient (Wildman–Crippen LogP) is -0.883. The summed E-state index contributed by atoms with van der Waals surface area (Å²) in [5, 5.41) is 18.9. The Morgan fingerprint density at radius 1 is 1.20 bits per heavy atom. The minimum absolute atomic E-state index is 0.0896. The third-order valence-corrected chi connectivity index (χ3v) is 3.63. The molecule has 2 aliphatic heterocycles. The summed E-state index contributed by atoms with van der Waals surface area (Å²) >= 11 is 0. The fourth-order valence-electron chi connectivity index (χ4n) is 2.36. The second-order valence-corrected chi connectivity index (χ2v) is 5.40. The highest BCUT2D eigenvalue weighted by molar-refractivity contribution is 5.99. The molecule has 1 fully saturated rings. The van der Waals surface area contributed by atoms with Crippen molar-refractivity contribution in [1.82, 2.24) is 15.3 Å². The van der Waals surface area contributed by atoms with Crippen molar-refractivity contribution in [3.8, 4) is 0 Å².